The molecule has 0 bridgehead atoms. The summed E-state index contributed by atoms with van der Waals surface area (Å²) in [4.78, 5) is 29.3. The summed E-state index contributed by atoms with van der Waals surface area (Å²) in [6.07, 6.45) is -0.701. The number of aliphatic hydroxyl groups excluding tert-OH is 1. The molecule has 0 aliphatic carbocycles. The maximum Gasteiger partial charge on any atom is 0.321 e. The fraction of sp³-hybridized carbons (Fsp3) is 0.414. The molecule has 2 heterocycles. The van der Waals surface area contributed by atoms with Gasteiger partial charge in [-0.05, 0) is 63.2 Å². The highest BCUT2D eigenvalue weighted by molar-refractivity contribution is 7.92. The Balaban J connectivity index is 1.62. The minimum Gasteiger partial charge on any atom is -0.488 e. The van der Waals surface area contributed by atoms with Gasteiger partial charge in [-0.25, -0.2) is 17.6 Å². The number of carbonyl (C=O) groups excluding carboxylic acids is 2. The van der Waals surface area contributed by atoms with E-state index in [1.165, 1.54) is 55.1 Å². The number of urea groups is 1. The van der Waals surface area contributed by atoms with Gasteiger partial charge in [-0.2, -0.15) is 0 Å². The van der Waals surface area contributed by atoms with E-state index in [2.05, 4.69) is 15.2 Å². The fourth-order valence-corrected chi connectivity index (χ4v) is 6.26. The number of fused-ring (bicyclic) bond motifs is 1. The van der Waals surface area contributed by atoms with E-state index in [1.54, 1.807) is 24.9 Å². The first-order chi connectivity index (χ1) is 20.3. The van der Waals surface area contributed by atoms with Crippen LogP contribution in [0.2, 0.25) is 0 Å². The van der Waals surface area contributed by atoms with E-state index in [-0.39, 0.29) is 60.0 Å². The minimum atomic E-state index is -4.04. The third kappa shape index (κ3) is 7.43. The molecule has 3 atom stereocenters. The molecule has 232 valence electrons. The molecule has 1 aliphatic rings. The normalized spacial score (nSPS) is 18.0. The number of aryl methyl sites for hydroxylation is 2. The van der Waals surface area contributed by atoms with Crippen molar-refractivity contribution in [2.75, 3.05) is 36.8 Å². The second kappa shape index (κ2) is 13.0. The zero-order valence-electron chi connectivity index (χ0n) is 24.6. The lowest BCUT2D eigenvalue weighted by atomic mass is 10.0. The van der Waals surface area contributed by atoms with Crippen molar-refractivity contribution >= 4 is 33.3 Å². The molecule has 3 N–H and O–H groups in total. The molecule has 0 spiro atoms. The highest BCUT2D eigenvalue weighted by Gasteiger charge is 2.32. The maximum absolute atomic E-state index is 13.5. The van der Waals surface area contributed by atoms with Crippen molar-refractivity contribution in [3.8, 4) is 5.75 Å². The largest absolute Gasteiger partial charge is 0.488 e. The average Bonchev–Trinajstić information content (AvgIpc) is 3.32. The van der Waals surface area contributed by atoms with Crippen molar-refractivity contribution in [2.45, 2.75) is 51.2 Å². The Morgan fingerprint density at radius 2 is 1.88 bits per heavy atom. The smallest absolute Gasteiger partial charge is 0.321 e. The lowest BCUT2D eigenvalue weighted by Crippen LogP contribution is -2.48. The zero-order chi connectivity index (χ0) is 31.5. The number of hydrogen-bond acceptors (Lipinski definition) is 8. The summed E-state index contributed by atoms with van der Waals surface area (Å²) in [6, 6.07) is 9.10. The van der Waals surface area contributed by atoms with Crippen LogP contribution in [-0.2, 0) is 21.2 Å². The number of nitrogens with one attached hydrogen (secondary N) is 2. The van der Waals surface area contributed by atoms with Crippen LogP contribution in [0, 0.1) is 25.6 Å². The second-order valence-electron chi connectivity index (χ2n) is 10.8. The van der Waals surface area contributed by atoms with Gasteiger partial charge in [0.2, 0.25) is 5.91 Å². The van der Waals surface area contributed by atoms with Crippen LogP contribution in [0.15, 0.2) is 51.9 Å². The van der Waals surface area contributed by atoms with Gasteiger partial charge in [-0.3, -0.25) is 9.52 Å². The molecule has 0 radical (unpaired) electrons. The highest BCUT2D eigenvalue weighted by Crippen LogP contribution is 2.31. The molecule has 0 fully saturated rings. The van der Waals surface area contributed by atoms with Gasteiger partial charge in [0, 0.05) is 36.4 Å². The van der Waals surface area contributed by atoms with Crippen LogP contribution < -0.4 is 14.8 Å². The molecular weight excluding hydrogens is 581 g/mol. The SMILES string of the molecule is Cc1noc(C)c1S(=O)(=O)Nc1ccc2c(c1)CC(=O)N([C@H](C)CO)C[C@H](C)[C@H](CN(C)C(=O)Nc1ccc(F)cc1)O2. The van der Waals surface area contributed by atoms with E-state index >= 15 is 0 Å². The minimum absolute atomic E-state index is 0.0674. The molecule has 2 aromatic carbocycles. The van der Waals surface area contributed by atoms with E-state index in [4.69, 9.17) is 9.26 Å². The van der Waals surface area contributed by atoms with Crippen molar-refractivity contribution in [1.29, 1.82) is 0 Å². The number of aromatic nitrogens is 1. The average molecular weight is 618 g/mol. The highest BCUT2D eigenvalue weighted by atomic mass is 32.2. The molecule has 12 nitrogen and oxygen atoms in total. The molecule has 14 heteroatoms. The van der Waals surface area contributed by atoms with Gasteiger partial charge >= 0.3 is 6.03 Å². The van der Waals surface area contributed by atoms with Crippen LogP contribution in [-0.4, -0.2) is 79.3 Å². The van der Waals surface area contributed by atoms with Gasteiger partial charge in [-0.15, -0.1) is 0 Å². The molecule has 1 aliphatic heterocycles. The van der Waals surface area contributed by atoms with Crippen LogP contribution in [0.4, 0.5) is 20.6 Å². The number of hydrogen-bond donors (Lipinski definition) is 3. The van der Waals surface area contributed by atoms with Gasteiger partial charge in [-0.1, -0.05) is 12.1 Å². The predicted molar refractivity (Wildman–Crippen MR) is 157 cm³/mol. The number of sulfonamides is 1. The van der Waals surface area contributed by atoms with Crippen molar-refractivity contribution in [2.24, 2.45) is 5.92 Å². The van der Waals surface area contributed by atoms with Crippen molar-refractivity contribution < 1.29 is 36.8 Å². The number of halogens is 1. The monoisotopic (exact) mass is 617 g/mol. The van der Waals surface area contributed by atoms with Crippen LogP contribution in [0.3, 0.4) is 0 Å². The summed E-state index contributed by atoms with van der Waals surface area (Å²) in [5.74, 6) is -0.468. The molecule has 0 saturated heterocycles. The molecule has 3 amide bonds. The quantitative estimate of drug-likeness (QED) is 0.347. The first-order valence-corrected chi connectivity index (χ1v) is 15.2. The zero-order valence-corrected chi connectivity index (χ0v) is 25.4. The number of benzene rings is 2. The summed E-state index contributed by atoms with van der Waals surface area (Å²) in [5, 5.41) is 16.3. The molecular formula is C29H36FN5O7S. The number of likely N-dealkylation sites (N-methyl/N-ethyl adjacent to an activating group) is 1. The van der Waals surface area contributed by atoms with E-state index in [0.717, 1.165) is 0 Å². The molecule has 1 aromatic heterocycles. The third-order valence-electron chi connectivity index (χ3n) is 7.30. The fourth-order valence-electron chi connectivity index (χ4n) is 4.88. The molecule has 0 unspecified atom stereocenters. The Hall–Kier alpha value is -4.17. The lowest BCUT2D eigenvalue weighted by molar-refractivity contribution is -0.134. The standard InChI is InChI=1S/C29H36FN5O7S/c1-17-14-35(18(2)16-36)27(37)13-21-12-24(33-43(39,40)28-19(3)32-42-20(28)4)10-11-25(21)41-26(17)15-34(5)29(38)31-23-8-6-22(30)7-9-23/h6-12,17-18,26,33,36H,13-16H2,1-5H3,(H,31,38)/t17-,18+,26-/m0/s1. The number of nitrogens with zero attached hydrogens (tertiary/aromatic N) is 3. The van der Waals surface area contributed by atoms with E-state index in [1.807, 2.05) is 6.92 Å². The number of rotatable bonds is 8. The van der Waals surface area contributed by atoms with Crippen molar-refractivity contribution in [1.82, 2.24) is 15.0 Å². The molecule has 3 aromatic rings. The summed E-state index contributed by atoms with van der Waals surface area (Å²) >= 11 is 0. The Kier molecular flexibility index (Phi) is 9.60. The molecule has 43 heavy (non-hydrogen) atoms. The van der Waals surface area contributed by atoms with E-state index in [0.29, 0.717) is 17.0 Å². The Morgan fingerprint density at radius 3 is 2.51 bits per heavy atom. The van der Waals surface area contributed by atoms with E-state index < -0.39 is 34.0 Å². The summed E-state index contributed by atoms with van der Waals surface area (Å²) in [5.41, 5.74) is 1.27. The Bertz CT molecular complexity index is 1560. The van der Waals surface area contributed by atoms with Crippen molar-refractivity contribution in [3.63, 3.8) is 0 Å². The first kappa shape index (κ1) is 31.8. The van der Waals surface area contributed by atoms with Gasteiger partial charge in [0.1, 0.15) is 23.4 Å². The van der Waals surface area contributed by atoms with Crippen LogP contribution in [0.5, 0.6) is 5.75 Å². The van der Waals surface area contributed by atoms with Gasteiger partial charge in [0.25, 0.3) is 10.0 Å². The number of ether oxygens (including phenoxy) is 1. The number of aliphatic hydroxyl groups is 1. The lowest BCUT2D eigenvalue weighted by Gasteiger charge is -2.34. The molecule has 0 saturated carbocycles. The summed E-state index contributed by atoms with van der Waals surface area (Å²) in [6.45, 7) is 6.76. The summed E-state index contributed by atoms with van der Waals surface area (Å²) in [7, 11) is -2.45. The van der Waals surface area contributed by atoms with Gasteiger partial charge in [0.05, 0.1) is 25.6 Å². The van der Waals surface area contributed by atoms with Gasteiger partial charge in [0.15, 0.2) is 10.7 Å². The van der Waals surface area contributed by atoms with Crippen LogP contribution in [0.25, 0.3) is 0 Å². The Labute approximate surface area is 249 Å². The maximum atomic E-state index is 13.5. The van der Waals surface area contributed by atoms with E-state index in [9.17, 15) is 27.5 Å². The topological polar surface area (TPSA) is 154 Å². The molecule has 4 rings (SSSR count). The predicted octanol–water partition coefficient (Wildman–Crippen LogP) is 3.54. The Morgan fingerprint density at radius 1 is 1.21 bits per heavy atom. The third-order valence-corrected chi connectivity index (χ3v) is 8.93. The first-order valence-electron chi connectivity index (χ1n) is 13.7. The van der Waals surface area contributed by atoms with Crippen LogP contribution in [0.1, 0.15) is 30.9 Å². The van der Waals surface area contributed by atoms with Crippen molar-refractivity contribution in [3.05, 3.63) is 65.3 Å². The number of anilines is 2. The van der Waals surface area contributed by atoms with Crippen LogP contribution >= 0.6 is 0 Å². The number of carbonyl (C=O) groups is 2. The summed E-state index contributed by atoms with van der Waals surface area (Å²) < 4.78 is 53.5. The number of amides is 3. The van der Waals surface area contributed by atoms with Gasteiger partial charge < -0.3 is 29.5 Å². The second-order valence-corrected chi connectivity index (χ2v) is 12.4.